The first kappa shape index (κ1) is 8.91. The van der Waals surface area contributed by atoms with Gasteiger partial charge in [0, 0.05) is 5.56 Å². The number of benzene rings is 1. The molecule has 0 N–H and O–H groups in total. The molecule has 0 unspecified atom stereocenters. The minimum Gasteiger partial charge on any atom is -0.464 e. The molecule has 1 aromatic carbocycles. The molecule has 78 valence electrons. The molecule has 2 heterocycles. The quantitative estimate of drug-likeness (QED) is 0.654. The molecule has 0 fully saturated rings. The summed E-state index contributed by atoms with van der Waals surface area (Å²) >= 11 is 0. The van der Waals surface area contributed by atoms with Gasteiger partial charge in [-0.1, -0.05) is 5.21 Å². The van der Waals surface area contributed by atoms with Crippen molar-refractivity contribution in [3.63, 3.8) is 0 Å². The molecule has 0 bridgehead atoms. The van der Waals surface area contributed by atoms with E-state index in [9.17, 15) is 0 Å². The Hall–Kier alpha value is -2.36. The average molecular weight is 211 g/mol. The van der Waals surface area contributed by atoms with Crippen LogP contribution in [0, 0.1) is 0 Å². The molecule has 4 nitrogen and oxygen atoms in total. The van der Waals surface area contributed by atoms with Gasteiger partial charge < -0.3 is 4.42 Å². The Bertz CT molecular complexity index is 500. The van der Waals surface area contributed by atoms with E-state index in [1.807, 2.05) is 42.6 Å². The highest BCUT2D eigenvalue weighted by atomic mass is 16.3. The molecular formula is C12H9N3O. The Kier molecular flexibility index (Phi) is 2.04. The lowest BCUT2D eigenvalue weighted by molar-refractivity contribution is 0.582. The molecule has 2 aromatic heterocycles. The normalized spacial score (nSPS) is 10.5. The summed E-state index contributed by atoms with van der Waals surface area (Å²) < 4.78 is 7.03. The van der Waals surface area contributed by atoms with E-state index < -0.39 is 0 Å². The second kappa shape index (κ2) is 3.66. The van der Waals surface area contributed by atoms with E-state index in [1.54, 1.807) is 17.1 Å². The minimum atomic E-state index is 0.866. The standard InChI is InChI=1S/C12H9N3O/c1-2-12(16-9-1)10-3-5-11(6-4-10)15-8-7-13-14-15/h1-9H. The van der Waals surface area contributed by atoms with Crippen molar-refractivity contribution in [3.05, 3.63) is 55.1 Å². The van der Waals surface area contributed by atoms with Crippen LogP contribution in [0.3, 0.4) is 0 Å². The van der Waals surface area contributed by atoms with Crippen molar-refractivity contribution < 1.29 is 4.42 Å². The van der Waals surface area contributed by atoms with E-state index in [1.165, 1.54) is 0 Å². The van der Waals surface area contributed by atoms with Crippen LogP contribution in [0.5, 0.6) is 0 Å². The number of furan rings is 1. The van der Waals surface area contributed by atoms with Crippen molar-refractivity contribution in [2.75, 3.05) is 0 Å². The van der Waals surface area contributed by atoms with Crippen LogP contribution in [0.2, 0.25) is 0 Å². The lowest BCUT2D eigenvalue weighted by Crippen LogP contribution is -1.94. The topological polar surface area (TPSA) is 43.9 Å². The summed E-state index contributed by atoms with van der Waals surface area (Å²) in [6.07, 6.45) is 5.13. The van der Waals surface area contributed by atoms with Crippen LogP contribution in [0.25, 0.3) is 17.0 Å². The molecule has 0 aliphatic heterocycles. The van der Waals surface area contributed by atoms with E-state index >= 15 is 0 Å². The molecule has 0 amide bonds. The maximum absolute atomic E-state index is 5.32. The highest BCUT2D eigenvalue weighted by Crippen LogP contribution is 2.20. The number of hydrogen-bond donors (Lipinski definition) is 0. The second-order valence-electron chi connectivity index (χ2n) is 3.37. The predicted octanol–water partition coefficient (Wildman–Crippen LogP) is 2.53. The average Bonchev–Trinajstić information content (AvgIpc) is 3.03. The SMILES string of the molecule is c1coc(-c2ccc(-n3ccnn3)cc2)c1. The van der Waals surface area contributed by atoms with Gasteiger partial charge in [-0.2, -0.15) is 0 Å². The Balaban J connectivity index is 1.97. The van der Waals surface area contributed by atoms with Gasteiger partial charge in [0.2, 0.25) is 0 Å². The van der Waals surface area contributed by atoms with Gasteiger partial charge in [0.25, 0.3) is 0 Å². The Morgan fingerprint density at radius 3 is 2.56 bits per heavy atom. The van der Waals surface area contributed by atoms with Crippen LogP contribution < -0.4 is 0 Å². The van der Waals surface area contributed by atoms with Crippen molar-refractivity contribution in [1.82, 2.24) is 15.0 Å². The highest BCUT2D eigenvalue weighted by molar-refractivity contribution is 5.58. The predicted molar refractivity (Wildman–Crippen MR) is 59.1 cm³/mol. The second-order valence-corrected chi connectivity index (χ2v) is 3.37. The van der Waals surface area contributed by atoms with E-state index in [-0.39, 0.29) is 0 Å². The van der Waals surface area contributed by atoms with E-state index in [4.69, 9.17) is 4.42 Å². The number of nitrogens with zero attached hydrogens (tertiary/aromatic N) is 3. The van der Waals surface area contributed by atoms with Crippen LogP contribution in [-0.4, -0.2) is 15.0 Å². The van der Waals surface area contributed by atoms with E-state index in [0.717, 1.165) is 17.0 Å². The smallest absolute Gasteiger partial charge is 0.133 e. The number of hydrogen-bond acceptors (Lipinski definition) is 3. The van der Waals surface area contributed by atoms with Crippen molar-refractivity contribution in [1.29, 1.82) is 0 Å². The monoisotopic (exact) mass is 211 g/mol. The first-order valence-electron chi connectivity index (χ1n) is 4.94. The summed E-state index contributed by atoms with van der Waals surface area (Å²) in [7, 11) is 0. The zero-order valence-corrected chi connectivity index (χ0v) is 8.45. The highest BCUT2D eigenvalue weighted by Gasteiger charge is 2.01. The van der Waals surface area contributed by atoms with Crippen molar-refractivity contribution >= 4 is 0 Å². The maximum Gasteiger partial charge on any atom is 0.133 e. The molecular weight excluding hydrogens is 202 g/mol. The molecule has 0 atom stereocenters. The molecule has 3 aromatic rings. The van der Waals surface area contributed by atoms with Crippen molar-refractivity contribution in [2.24, 2.45) is 0 Å². The third-order valence-electron chi connectivity index (χ3n) is 2.36. The van der Waals surface area contributed by atoms with Gasteiger partial charge in [-0.15, -0.1) is 5.10 Å². The van der Waals surface area contributed by atoms with Crippen LogP contribution in [0.15, 0.2) is 59.5 Å². The van der Waals surface area contributed by atoms with Gasteiger partial charge in [0.1, 0.15) is 5.76 Å². The zero-order valence-electron chi connectivity index (χ0n) is 8.45. The molecule has 0 saturated heterocycles. The summed E-state index contributed by atoms with van der Waals surface area (Å²) in [4.78, 5) is 0. The largest absolute Gasteiger partial charge is 0.464 e. The van der Waals surface area contributed by atoms with E-state index in [0.29, 0.717) is 0 Å². The van der Waals surface area contributed by atoms with Gasteiger partial charge in [-0.3, -0.25) is 0 Å². The molecule has 16 heavy (non-hydrogen) atoms. The van der Waals surface area contributed by atoms with Gasteiger partial charge >= 0.3 is 0 Å². The van der Waals surface area contributed by atoms with Gasteiger partial charge in [-0.05, 0) is 36.4 Å². The Morgan fingerprint density at radius 1 is 1.06 bits per heavy atom. The lowest BCUT2D eigenvalue weighted by Gasteiger charge is -2.01. The number of aromatic nitrogens is 3. The summed E-state index contributed by atoms with van der Waals surface area (Å²) in [5.41, 5.74) is 2.03. The van der Waals surface area contributed by atoms with Crippen molar-refractivity contribution in [3.8, 4) is 17.0 Å². The number of rotatable bonds is 2. The van der Waals surface area contributed by atoms with Crippen LogP contribution >= 0.6 is 0 Å². The van der Waals surface area contributed by atoms with Crippen LogP contribution in [0.4, 0.5) is 0 Å². The summed E-state index contributed by atoms with van der Waals surface area (Å²) in [6.45, 7) is 0. The van der Waals surface area contributed by atoms with Gasteiger partial charge in [0.05, 0.1) is 24.3 Å². The Labute approximate surface area is 92.1 Å². The van der Waals surface area contributed by atoms with E-state index in [2.05, 4.69) is 10.3 Å². The lowest BCUT2D eigenvalue weighted by atomic mass is 10.1. The molecule has 0 aliphatic rings. The fourth-order valence-electron chi connectivity index (χ4n) is 1.57. The fourth-order valence-corrected chi connectivity index (χ4v) is 1.57. The molecule has 0 radical (unpaired) electrons. The minimum absolute atomic E-state index is 0.866. The molecule has 0 aliphatic carbocycles. The molecule has 0 spiro atoms. The zero-order chi connectivity index (χ0) is 10.8. The fraction of sp³-hybridized carbons (Fsp3) is 0. The first-order valence-corrected chi connectivity index (χ1v) is 4.94. The summed E-state index contributed by atoms with van der Waals surface area (Å²) in [5, 5.41) is 7.69. The van der Waals surface area contributed by atoms with Crippen LogP contribution in [0.1, 0.15) is 0 Å². The molecule has 4 heteroatoms. The molecule has 3 rings (SSSR count). The molecule has 0 saturated carbocycles. The third kappa shape index (κ3) is 1.50. The Morgan fingerprint density at radius 2 is 1.94 bits per heavy atom. The summed E-state index contributed by atoms with van der Waals surface area (Å²) in [6, 6.07) is 11.8. The summed E-state index contributed by atoms with van der Waals surface area (Å²) in [5.74, 6) is 0.866. The first-order chi connectivity index (χ1) is 7.93. The third-order valence-corrected chi connectivity index (χ3v) is 2.36. The van der Waals surface area contributed by atoms with Gasteiger partial charge in [-0.25, -0.2) is 4.68 Å². The maximum atomic E-state index is 5.32. The van der Waals surface area contributed by atoms with Gasteiger partial charge in [0.15, 0.2) is 0 Å². The van der Waals surface area contributed by atoms with Crippen molar-refractivity contribution in [2.45, 2.75) is 0 Å². The van der Waals surface area contributed by atoms with Crippen LogP contribution in [-0.2, 0) is 0 Å².